The van der Waals surface area contributed by atoms with Crippen LogP contribution in [0.2, 0.25) is 0 Å². The molecule has 0 spiro atoms. The number of pyridine rings is 1. The molecule has 3 aromatic heterocycles. The van der Waals surface area contributed by atoms with Gasteiger partial charge in [-0.15, -0.1) is 0 Å². The van der Waals surface area contributed by atoms with E-state index >= 15 is 0 Å². The van der Waals surface area contributed by atoms with Crippen molar-refractivity contribution >= 4 is 27.1 Å². The van der Waals surface area contributed by atoms with Crippen LogP contribution in [0.5, 0.6) is 5.88 Å². The van der Waals surface area contributed by atoms with Crippen LogP contribution in [0.4, 0.5) is 5.95 Å². The molecule has 0 bridgehead atoms. The van der Waals surface area contributed by atoms with Gasteiger partial charge in [-0.05, 0) is 31.2 Å². The standard InChI is InChI=1S/C21H20N6O4S/c1-15-2-4-17(5-3-15)32(28,29)31-20-18-14-23-27(16-6-8-22-9-7-16)19(18)24-21(25-20)26-10-12-30-13-11-26/h2-9,14H,10-13H2,1H3. The minimum atomic E-state index is -4.10. The number of benzene rings is 1. The molecule has 5 rings (SSSR count). The van der Waals surface area contributed by atoms with Crippen molar-refractivity contribution in [3.05, 3.63) is 60.6 Å². The molecule has 164 valence electrons. The summed E-state index contributed by atoms with van der Waals surface area (Å²) in [5.74, 6) is 0.281. The lowest BCUT2D eigenvalue weighted by atomic mass is 10.2. The molecule has 0 amide bonds. The van der Waals surface area contributed by atoms with Crippen molar-refractivity contribution < 1.29 is 17.3 Å². The Bertz CT molecular complexity index is 1350. The summed E-state index contributed by atoms with van der Waals surface area (Å²) in [6, 6.07) is 10.0. The predicted molar refractivity (Wildman–Crippen MR) is 116 cm³/mol. The van der Waals surface area contributed by atoms with E-state index < -0.39 is 10.1 Å². The monoisotopic (exact) mass is 452 g/mol. The summed E-state index contributed by atoms with van der Waals surface area (Å²) in [6.07, 6.45) is 4.79. The van der Waals surface area contributed by atoms with Crippen LogP contribution in [0.15, 0.2) is 59.9 Å². The maximum absolute atomic E-state index is 13.0. The molecule has 0 radical (unpaired) electrons. The van der Waals surface area contributed by atoms with Crippen LogP contribution in [0.1, 0.15) is 5.56 Å². The van der Waals surface area contributed by atoms with Crippen molar-refractivity contribution in [1.29, 1.82) is 0 Å². The number of hydrogen-bond donors (Lipinski definition) is 0. The number of ether oxygens (including phenoxy) is 1. The zero-order chi connectivity index (χ0) is 22.1. The van der Waals surface area contributed by atoms with Gasteiger partial charge in [-0.3, -0.25) is 4.98 Å². The van der Waals surface area contributed by atoms with E-state index in [0.29, 0.717) is 43.3 Å². The Hall–Kier alpha value is -3.57. The molecule has 0 aliphatic carbocycles. The zero-order valence-electron chi connectivity index (χ0n) is 17.2. The fourth-order valence-electron chi connectivity index (χ4n) is 3.37. The highest BCUT2D eigenvalue weighted by Gasteiger charge is 2.24. The number of nitrogens with zero attached hydrogens (tertiary/aromatic N) is 6. The van der Waals surface area contributed by atoms with E-state index in [1.165, 1.54) is 18.3 Å². The fraction of sp³-hybridized carbons (Fsp3) is 0.238. The summed E-state index contributed by atoms with van der Waals surface area (Å²) < 4.78 is 38.5. The Balaban J connectivity index is 1.63. The third kappa shape index (κ3) is 3.87. The molecule has 32 heavy (non-hydrogen) atoms. The summed E-state index contributed by atoms with van der Waals surface area (Å²) in [6.45, 7) is 4.11. The molecule has 0 unspecified atom stereocenters. The van der Waals surface area contributed by atoms with Crippen LogP contribution >= 0.6 is 0 Å². The van der Waals surface area contributed by atoms with E-state index in [1.54, 1.807) is 41.3 Å². The average molecular weight is 452 g/mol. The highest BCUT2D eigenvalue weighted by atomic mass is 32.2. The summed E-state index contributed by atoms with van der Waals surface area (Å²) in [5, 5.41) is 4.78. The molecule has 1 fully saturated rings. The van der Waals surface area contributed by atoms with Gasteiger partial charge in [-0.2, -0.15) is 23.5 Å². The number of rotatable bonds is 5. The molecular formula is C21H20N6O4S. The number of hydrogen-bond acceptors (Lipinski definition) is 9. The van der Waals surface area contributed by atoms with E-state index in [-0.39, 0.29) is 10.8 Å². The Morgan fingerprint density at radius 3 is 2.44 bits per heavy atom. The smallest absolute Gasteiger partial charge is 0.340 e. The van der Waals surface area contributed by atoms with Crippen LogP contribution in [-0.4, -0.2) is 59.5 Å². The van der Waals surface area contributed by atoms with Crippen LogP contribution in [-0.2, 0) is 14.9 Å². The minimum absolute atomic E-state index is 0.0457. The maximum atomic E-state index is 13.0. The number of aromatic nitrogens is 5. The molecule has 1 aliphatic heterocycles. The lowest BCUT2D eigenvalue weighted by Gasteiger charge is -2.27. The Labute approximate surface area is 184 Å². The number of fused-ring (bicyclic) bond motifs is 1. The van der Waals surface area contributed by atoms with Crippen LogP contribution in [0.25, 0.3) is 16.7 Å². The lowest BCUT2D eigenvalue weighted by molar-refractivity contribution is 0.122. The van der Waals surface area contributed by atoms with E-state index in [4.69, 9.17) is 8.92 Å². The SMILES string of the molecule is Cc1ccc(S(=O)(=O)Oc2nc(N3CCOCC3)nc3c2cnn3-c2ccncc2)cc1. The fourth-order valence-corrected chi connectivity index (χ4v) is 4.27. The summed E-state index contributed by atoms with van der Waals surface area (Å²) in [4.78, 5) is 15.1. The van der Waals surface area contributed by atoms with Gasteiger partial charge in [0, 0.05) is 25.5 Å². The summed E-state index contributed by atoms with van der Waals surface area (Å²) in [7, 11) is -4.10. The Morgan fingerprint density at radius 2 is 1.72 bits per heavy atom. The quantitative estimate of drug-likeness (QED) is 0.420. The Kier molecular flexibility index (Phi) is 5.19. The lowest BCUT2D eigenvalue weighted by Crippen LogP contribution is -2.37. The van der Waals surface area contributed by atoms with Crippen molar-refractivity contribution in [3.63, 3.8) is 0 Å². The largest absolute Gasteiger partial charge is 0.378 e. The third-order valence-electron chi connectivity index (χ3n) is 5.08. The molecule has 11 heteroatoms. The van der Waals surface area contributed by atoms with Crippen LogP contribution in [0, 0.1) is 6.92 Å². The van der Waals surface area contributed by atoms with Crippen molar-refractivity contribution in [1.82, 2.24) is 24.7 Å². The summed E-state index contributed by atoms with van der Waals surface area (Å²) in [5.41, 5.74) is 2.11. The first kappa shape index (κ1) is 20.3. The second kappa shape index (κ2) is 8.17. The normalized spacial score (nSPS) is 14.6. The van der Waals surface area contributed by atoms with E-state index in [0.717, 1.165) is 11.3 Å². The van der Waals surface area contributed by atoms with E-state index in [9.17, 15) is 8.42 Å². The van der Waals surface area contributed by atoms with Crippen molar-refractivity contribution in [2.24, 2.45) is 0 Å². The van der Waals surface area contributed by atoms with Gasteiger partial charge in [0.2, 0.25) is 11.8 Å². The van der Waals surface area contributed by atoms with E-state index in [1.807, 2.05) is 11.8 Å². The topological polar surface area (TPSA) is 112 Å². The Morgan fingerprint density at radius 1 is 1.00 bits per heavy atom. The highest BCUT2D eigenvalue weighted by Crippen LogP contribution is 2.29. The van der Waals surface area contributed by atoms with Gasteiger partial charge in [0.1, 0.15) is 10.3 Å². The molecule has 0 atom stereocenters. The molecule has 4 heterocycles. The number of aryl methyl sites for hydroxylation is 1. The second-order valence-corrected chi connectivity index (χ2v) is 8.82. The van der Waals surface area contributed by atoms with Gasteiger partial charge in [0.25, 0.3) is 0 Å². The van der Waals surface area contributed by atoms with Crippen molar-refractivity contribution in [3.8, 4) is 11.6 Å². The molecule has 10 nitrogen and oxygen atoms in total. The van der Waals surface area contributed by atoms with Gasteiger partial charge in [-0.25, -0.2) is 4.68 Å². The van der Waals surface area contributed by atoms with Gasteiger partial charge in [0.05, 0.1) is 25.1 Å². The zero-order valence-corrected chi connectivity index (χ0v) is 18.1. The van der Waals surface area contributed by atoms with Crippen LogP contribution < -0.4 is 9.08 Å². The van der Waals surface area contributed by atoms with Gasteiger partial charge < -0.3 is 13.8 Å². The first-order valence-corrected chi connectivity index (χ1v) is 11.4. The summed E-state index contributed by atoms with van der Waals surface area (Å²) >= 11 is 0. The van der Waals surface area contributed by atoms with Crippen LogP contribution in [0.3, 0.4) is 0 Å². The van der Waals surface area contributed by atoms with Crippen molar-refractivity contribution in [2.45, 2.75) is 11.8 Å². The minimum Gasteiger partial charge on any atom is -0.378 e. The van der Waals surface area contributed by atoms with Gasteiger partial charge >= 0.3 is 10.1 Å². The third-order valence-corrected chi connectivity index (χ3v) is 6.31. The first-order chi connectivity index (χ1) is 15.5. The van der Waals surface area contributed by atoms with Crippen molar-refractivity contribution in [2.75, 3.05) is 31.2 Å². The first-order valence-electron chi connectivity index (χ1n) is 10.0. The maximum Gasteiger partial charge on any atom is 0.340 e. The highest BCUT2D eigenvalue weighted by molar-refractivity contribution is 7.87. The molecule has 1 saturated heterocycles. The number of morpholine rings is 1. The molecule has 1 aromatic carbocycles. The van der Waals surface area contributed by atoms with Gasteiger partial charge in [0.15, 0.2) is 5.65 Å². The molecule has 0 saturated carbocycles. The van der Waals surface area contributed by atoms with E-state index in [2.05, 4.69) is 20.1 Å². The molecule has 1 aliphatic rings. The molecule has 0 N–H and O–H groups in total. The average Bonchev–Trinajstić information content (AvgIpc) is 3.25. The molecule has 4 aromatic rings. The molecular weight excluding hydrogens is 432 g/mol. The predicted octanol–water partition coefficient (Wildman–Crippen LogP) is 2.12. The van der Waals surface area contributed by atoms with Gasteiger partial charge in [-0.1, -0.05) is 17.7 Å². The second-order valence-electron chi connectivity index (χ2n) is 7.28. The number of anilines is 1.